The number of carbonyl (C=O) groups is 4. The number of hydrogen-bond donors (Lipinski definition) is 7. The largest absolute Gasteiger partial charge is 0.479 e. The van der Waals surface area contributed by atoms with Crippen LogP contribution in [0.1, 0.15) is 54.5 Å². The Labute approximate surface area is 351 Å². The van der Waals surface area contributed by atoms with Crippen molar-refractivity contribution in [1.82, 2.24) is 14.5 Å². The molecule has 0 radical (unpaired) electrons. The number of nitrogens with one attached hydrogen (secondary N) is 1. The molecule has 8 rings (SSSR count). The molecule has 1 fully saturated rings. The normalized spacial score (nSPS) is 23.2. The first-order valence-corrected chi connectivity index (χ1v) is 19.7. The van der Waals surface area contributed by atoms with Gasteiger partial charge in [-0.15, -0.1) is 0 Å². The number of esters is 1. The van der Waals surface area contributed by atoms with Crippen molar-refractivity contribution in [3.63, 3.8) is 0 Å². The van der Waals surface area contributed by atoms with Crippen molar-refractivity contribution in [2.75, 3.05) is 25.2 Å². The fraction of sp³-hybridized carbons (Fsp3) is 0.415. The van der Waals surface area contributed by atoms with Gasteiger partial charge in [0.1, 0.15) is 37.3 Å². The molecule has 2 aromatic heterocycles. The van der Waals surface area contributed by atoms with E-state index in [9.17, 15) is 49.5 Å². The summed E-state index contributed by atoms with van der Waals surface area (Å²) in [5.41, 5.74) is 6.25. The second-order valence-electron chi connectivity index (χ2n) is 15.1. The summed E-state index contributed by atoms with van der Waals surface area (Å²) in [6.45, 7) is 2.94. The van der Waals surface area contributed by atoms with E-state index in [-0.39, 0.29) is 81.6 Å². The van der Waals surface area contributed by atoms with E-state index in [2.05, 4.69) is 5.32 Å². The molecule has 8 N–H and O–H groups in total. The highest BCUT2D eigenvalue weighted by molar-refractivity contribution is 5.93. The average Bonchev–Trinajstić information content (AvgIpc) is 3.87. The molecular weight excluding hydrogens is 818 g/mol. The number of aromatic nitrogens is 2. The van der Waals surface area contributed by atoms with Gasteiger partial charge in [-0.25, -0.2) is 19.4 Å². The van der Waals surface area contributed by atoms with Gasteiger partial charge in [-0.1, -0.05) is 13.0 Å². The molecule has 62 heavy (non-hydrogen) atoms. The van der Waals surface area contributed by atoms with Gasteiger partial charge in [0, 0.05) is 42.1 Å². The molecule has 2 aromatic carbocycles. The van der Waals surface area contributed by atoms with Crippen molar-refractivity contribution in [2.24, 2.45) is 5.73 Å². The van der Waals surface area contributed by atoms with E-state index >= 15 is 0 Å². The number of carboxylic acid groups (broad SMARTS) is 1. The maximum Gasteiger partial charge on any atom is 0.410 e. The fourth-order valence-electron chi connectivity index (χ4n) is 7.95. The molecule has 6 atom stereocenters. The molecule has 0 unspecified atom stereocenters. The third-order valence-corrected chi connectivity index (χ3v) is 11.4. The lowest BCUT2D eigenvalue weighted by Crippen LogP contribution is -2.61. The number of amides is 2. The van der Waals surface area contributed by atoms with Crippen LogP contribution < -0.4 is 30.8 Å². The van der Waals surface area contributed by atoms with Gasteiger partial charge in [0.15, 0.2) is 23.2 Å². The molecule has 2 amide bonds. The molecule has 4 aliphatic rings. The van der Waals surface area contributed by atoms with Gasteiger partial charge in [0.25, 0.3) is 5.56 Å². The summed E-state index contributed by atoms with van der Waals surface area (Å²) in [5, 5.41) is 54.9. The SMILES string of the molecule is CCN(Cc1c2c(nc3cc4c(cc13)OCO4)-c1cc3c(c(=O)n1C2)COC(=O)[C@]3(O)CC)C(=O)OCc1ccc(O[C@@H]2O[C@H](C(=O)O)[C@@H](O)[C@H](O)[C@H]2O)c(NC(=O)CCN)c1. The topological polar surface area (TPSA) is 301 Å². The van der Waals surface area contributed by atoms with E-state index in [4.69, 9.17) is 39.1 Å². The van der Waals surface area contributed by atoms with Gasteiger partial charge in [0.2, 0.25) is 19.0 Å². The predicted octanol–water partition coefficient (Wildman–Crippen LogP) is 0.525. The van der Waals surface area contributed by atoms with Crippen LogP contribution in [0, 0.1) is 0 Å². The number of fused-ring (bicyclic) bond motifs is 6. The van der Waals surface area contributed by atoms with Crippen molar-refractivity contribution in [3.05, 3.63) is 74.6 Å². The minimum absolute atomic E-state index is 0.00331. The van der Waals surface area contributed by atoms with E-state index in [1.54, 1.807) is 32.0 Å². The number of aliphatic carboxylic acids is 1. The molecule has 21 heteroatoms. The number of aliphatic hydroxyl groups excluding tert-OH is 3. The zero-order valence-corrected chi connectivity index (χ0v) is 33.4. The van der Waals surface area contributed by atoms with Crippen LogP contribution in [0.2, 0.25) is 0 Å². The Morgan fingerprint density at radius 1 is 1.02 bits per heavy atom. The van der Waals surface area contributed by atoms with Crippen LogP contribution in [0.25, 0.3) is 22.3 Å². The molecule has 6 heterocycles. The molecule has 4 aliphatic heterocycles. The van der Waals surface area contributed by atoms with Gasteiger partial charge in [-0.05, 0) is 48.7 Å². The maximum absolute atomic E-state index is 14.0. The number of benzene rings is 2. The first kappa shape index (κ1) is 42.3. The number of aliphatic hydroxyl groups is 4. The van der Waals surface area contributed by atoms with Gasteiger partial charge < -0.3 is 74.5 Å². The van der Waals surface area contributed by atoms with Crippen LogP contribution in [0.3, 0.4) is 0 Å². The highest BCUT2D eigenvalue weighted by Gasteiger charge is 2.49. The Bertz CT molecular complexity index is 2560. The second-order valence-corrected chi connectivity index (χ2v) is 15.1. The van der Waals surface area contributed by atoms with Gasteiger partial charge in [-0.3, -0.25) is 9.59 Å². The molecule has 4 aromatic rings. The first-order valence-electron chi connectivity index (χ1n) is 19.7. The van der Waals surface area contributed by atoms with Crippen molar-refractivity contribution >= 4 is 40.5 Å². The maximum atomic E-state index is 14.0. The Hall–Kier alpha value is -6.36. The van der Waals surface area contributed by atoms with Crippen molar-refractivity contribution < 1.29 is 73.1 Å². The third-order valence-electron chi connectivity index (χ3n) is 11.4. The number of anilines is 1. The van der Waals surface area contributed by atoms with Crippen LogP contribution in [-0.2, 0) is 60.5 Å². The Morgan fingerprint density at radius 3 is 2.48 bits per heavy atom. The standard InChI is InChI=1S/C41H43N5O16/c1-3-41(56)23-11-26-31-21(14-46(26)36(51)22(23)16-57-39(41)54)20(19-10-28-29(60-17-59-28)12-24(19)44-31)13-45(4-2)40(55)58-15-18-5-6-27(25(9-18)43-30(47)7-8-42)61-38-34(50)32(48)33(49)35(62-38)37(52)53/h5-6,9-12,32-35,38,48-50,56H,3-4,7-8,13-17,42H2,1-2H3,(H,43,47)(H,52,53)/t32-,33-,34+,35-,38+,41-/m0/s1. The molecule has 21 nitrogen and oxygen atoms in total. The smallest absolute Gasteiger partial charge is 0.410 e. The number of hydrogen-bond acceptors (Lipinski definition) is 17. The number of carboxylic acids is 1. The lowest BCUT2D eigenvalue weighted by atomic mass is 9.86. The molecule has 1 saturated heterocycles. The van der Waals surface area contributed by atoms with Crippen LogP contribution in [0.4, 0.5) is 10.5 Å². The monoisotopic (exact) mass is 861 g/mol. The van der Waals surface area contributed by atoms with E-state index in [0.717, 1.165) is 0 Å². The number of nitrogens with zero attached hydrogens (tertiary/aromatic N) is 3. The number of ether oxygens (including phenoxy) is 6. The molecule has 0 saturated carbocycles. The van der Waals surface area contributed by atoms with E-state index in [0.29, 0.717) is 50.5 Å². The van der Waals surface area contributed by atoms with Crippen molar-refractivity contribution in [2.45, 2.75) is 89.3 Å². The minimum Gasteiger partial charge on any atom is -0.479 e. The summed E-state index contributed by atoms with van der Waals surface area (Å²) in [7, 11) is 0. The Kier molecular flexibility index (Phi) is 11.3. The van der Waals surface area contributed by atoms with Gasteiger partial charge in [-0.2, -0.15) is 0 Å². The van der Waals surface area contributed by atoms with Crippen molar-refractivity contribution in [3.8, 4) is 28.6 Å². The average molecular weight is 862 g/mol. The number of carbonyl (C=O) groups excluding carboxylic acids is 3. The minimum atomic E-state index is -2.03. The zero-order valence-electron chi connectivity index (χ0n) is 33.4. The number of cyclic esters (lactones) is 1. The lowest BCUT2D eigenvalue weighted by Gasteiger charge is -2.38. The summed E-state index contributed by atoms with van der Waals surface area (Å²) in [4.78, 5) is 71.3. The molecule has 0 spiro atoms. The summed E-state index contributed by atoms with van der Waals surface area (Å²) < 4.78 is 34.7. The summed E-state index contributed by atoms with van der Waals surface area (Å²) in [6.07, 6.45) is -10.3. The van der Waals surface area contributed by atoms with Crippen LogP contribution in [0.15, 0.2) is 41.2 Å². The van der Waals surface area contributed by atoms with E-state index in [1.807, 2.05) is 0 Å². The molecule has 0 bridgehead atoms. The fourth-order valence-corrected chi connectivity index (χ4v) is 7.95. The highest BCUT2D eigenvalue weighted by atomic mass is 16.7. The first-order chi connectivity index (χ1) is 29.7. The number of pyridine rings is 2. The molecular formula is C41H43N5O16. The molecule has 328 valence electrons. The number of nitrogens with two attached hydrogens (primary N) is 1. The lowest BCUT2D eigenvalue weighted by molar-refractivity contribution is -0.271. The predicted molar refractivity (Wildman–Crippen MR) is 211 cm³/mol. The summed E-state index contributed by atoms with van der Waals surface area (Å²) >= 11 is 0. The molecule has 0 aliphatic carbocycles. The summed E-state index contributed by atoms with van der Waals surface area (Å²) in [6, 6.07) is 9.29. The summed E-state index contributed by atoms with van der Waals surface area (Å²) in [5.74, 6) is -2.20. The highest BCUT2D eigenvalue weighted by Crippen LogP contribution is 2.44. The third kappa shape index (κ3) is 7.31. The Balaban J connectivity index is 1.08. The Morgan fingerprint density at radius 2 is 1.77 bits per heavy atom. The van der Waals surface area contributed by atoms with Gasteiger partial charge >= 0.3 is 18.0 Å². The van der Waals surface area contributed by atoms with Crippen LogP contribution in [0.5, 0.6) is 17.2 Å². The number of rotatable bonds is 12. The van der Waals surface area contributed by atoms with Gasteiger partial charge in [0.05, 0.1) is 41.2 Å². The van der Waals surface area contributed by atoms with Crippen LogP contribution >= 0.6 is 0 Å². The zero-order chi connectivity index (χ0) is 44.2. The second kappa shape index (κ2) is 16.5. The quantitative estimate of drug-likeness (QED) is 0.0842. The van der Waals surface area contributed by atoms with Crippen molar-refractivity contribution in [1.29, 1.82) is 0 Å². The van der Waals surface area contributed by atoms with E-state index in [1.165, 1.54) is 27.7 Å². The van der Waals surface area contributed by atoms with E-state index < -0.39 is 65.8 Å². The van der Waals surface area contributed by atoms with Crippen LogP contribution in [-0.4, -0.2) is 115 Å².